The van der Waals surface area contributed by atoms with Crippen molar-refractivity contribution in [2.45, 2.75) is 33.1 Å². The number of carbonyl (C=O) groups is 2. The summed E-state index contributed by atoms with van der Waals surface area (Å²) in [6.07, 6.45) is 1.74. The van der Waals surface area contributed by atoms with Crippen LogP contribution < -0.4 is 10.2 Å². The smallest absolute Gasteiger partial charge is 0.261 e. The highest BCUT2D eigenvalue weighted by atomic mass is 35.5. The molecule has 0 saturated carbocycles. The minimum absolute atomic E-state index is 0.109. The van der Waals surface area contributed by atoms with Crippen LogP contribution in [0, 0.1) is 0 Å². The second-order valence-electron chi connectivity index (χ2n) is 8.33. The predicted molar refractivity (Wildman–Crippen MR) is 139 cm³/mol. The largest absolute Gasteiger partial charge is 0.372 e. The van der Waals surface area contributed by atoms with Gasteiger partial charge in [0.15, 0.2) is 5.76 Å². The third-order valence-electron chi connectivity index (χ3n) is 6.22. The van der Waals surface area contributed by atoms with Crippen LogP contribution in [0.3, 0.4) is 0 Å². The van der Waals surface area contributed by atoms with Crippen molar-refractivity contribution < 1.29 is 14.1 Å². The average Bonchev–Trinajstić information content (AvgIpc) is 3.45. The van der Waals surface area contributed by atoms with Gasteiger partial charge in [0, 0.05) is 56.0 Å². The first-order valence-corrected chi connectivity index (χ1v) is 12.6. The summed E-state index contributed by atoms with van der Waals surface area (Å²) in [5, 5.41) is 7.86. The van der Waals surface area contributed by atoms with Gasteiger partial charge < -0.3 is 19.6 Å². The van der Waals surface area contributed by atoms with E-state index in [1.54, 1.807) is 23.1 Å². The SMILES string of the molecule is CCN(CC)c1ccc(NC(=O)c2c(-c3c(Cl)cccc3Cl)noc2CCN2CCCC2=O)cc1. The van der Waals surface area contributed by atoms with E-state index in [0.29, 0.717) is 53.0 Å². The van der Waals surface area contributed by atoms with E-state index in [2.05, 4.69) is 29.2 Å². The molecule has 2 heterocycles. The van der Waals surface area contributed by atoms with Crippen LogP contribution in [0.4, 0.5) is 11.4 Å². The van der Waals surface area contributed by atoms with E-state index in [1.165, 1.54) is 0 Å². The van der Waals surface area contributed by atoms with Gasteiger partial charge in [0.05, 0.1) is 10.0 Å². The van der Waals surface area contributed by atoms with Gasteiger partial charge in [-0.15, -0.1) is 0 Å². The van der Waals surface area contributed by atoms with Gasteiger partial charge in [0.2, 0.25) is 5.91 Å². The molecule has 1 fully saturated rings. The minimum atomic E-state index is -0.379. The summed E-state index contributed by atoms with van der Waals surface area (Å²) < 4.78 is 5.62. The Balaban J connectivity index is 1.64. The van der Waals surface area contributed by atoms with Crippen LogP contribution in [0.5, 0.6) is 0 Å². The molecule has 1 saturated heterocycles. The van der Waals surface area contributed by atoms with Gasteiger partial charge in [-0.2, -0.15) is 0 Å². The summed E-state index contributed by atoms with van der Waals surface area (Å²) >= 11 is 12.9. The highest BCUT2D eigenvalue weighted by molar-refractivity contribution is 6.39. The summed E-state index contributed by atoms with van der Waals surface area (Å²) in [4.78, 5) is 29.6. The lowest BCUT2D eigenvalue weighted by molar-refractivity contribution is -0.127. The number of anilines is 2. The number of aromatic nitrogens is 1. The topological polar surface area (TPSA) is 78.7 Å². The molecule has 184 valence electrons. The van der Waals surface area contributed by atoms with E-state index in [-0.39, 0.29) is 23.1 Å². The molecular weight excluding hydrogens is 487 g/mol. The van der Waals surface area contributed by atoms with E-state index in [0.717, 1.165) is 25.2 Å². The Morgan fingerprint density at radius 3 is 2.40 bits per heavy atom. The van der Waals surface area contributed by atoms with Gasteiger partial charge in [-0.3, -0.25) is 9.59 Å². The van der Waals surface area contributed by atoms with E-state index >= 15 is 0 Å². The Bertz CT molecular complexity index is 1190. The number of halogens is 2. The lowest BCUT2D eigenvalue weighted by Crippen LogP contribution is -2.27. The zero-order valence-electron chi connectivity index (χ0n) is 19.8. The fraction of sp³-hybridized carbons (Fsp3) is 0.346. The summed E-state index contributed by atoms with van der Waals surface area (Å²) in [5.74, 6) is 0.113. The average molecular weight is 515 g/mol. The third-order valence-corrected chi connectivity index (χ3v) is 6.85. The number of amides is 2. The second kappa shape index (κ2) is 11.1. The Morgan fingerprint density at radius 2 is 1.80 bits per heavy atom. The zero-order valence-corrected chi connectivity index (χ0v) is 21.3. The molecule has 1 aromatic heterocycles. The first-order valence-electron chi connectivity index (χ1n) is 11.8. The van der Waals surface area contributed by atoms with Crippen molar-refractivity contribution >= 4 is 46.4 Å². The molecule has 1 aliphatic rings. The van der Waals surface area contributed by atoms with Crippen molar-refractivity contribution in [2.75, 3.05) is 36.4 Å². The molecule has 0 bridgehead atoms. The number of hydrogen-bond donors (Lipinski definition) is 1. The van der Waals surface area contributed by atoms with Crippen LogP contribution in [-0.2, 0) is 11.2 Å². The summed E-state index contributed by atoms with van der Waals surface area (Å²) in [7, 11) is 0. The van der Waals surface area contributed by atoms with Crippen molar-refractivity contribution in [3.63, 3.8) is 0 Å². The fourth-order valence-electron chi connectivity index (χ4n) is 4.34. The minimum Gasteiger partial charge on any atom is -0.372 e. The highest BCUT2D eigenvalue weighted by Crippen LogP contribution is 2.37. The number of benzene rings is 2. The number of hydrogen-bond acceptors (Lipinski definition) is 5. The molecule has 35 heavy (non-hydrogen) atoms. The van der Waals surface area contributed by atoms with Gasteiger partial charge in [-0.25, -0.2) is 0 Å². The van der Waals surface area contributed by atoms with E-state index < -0.39 is 0 Å². The Labute approximate surface area is 215 Å². The Hall–Kier alpha value is -3.03. The van der Waals surface area contributed by atoms with Crippen LogP contribution in [0.2, 0.25) is 10.0 Å². The normalized spacial score (nSPS) is 13.4. The van der Waals surface area contributed by atoms with Crippen molar-refractivity contribution in [1.82, 2.24) is 10.1 Å². The fourth-order valence-corrected chi connectivity index (χ4v) is 4.91. The van der Waals surface area contributed by atoms with Gasteiger partial charge in [-0.1, -0.05) is 34.4 Å². The molecule has 9 heteroatoms. The van der Waals surface area contributed by atoms with E-state index in [9.17, 15) is 9.59 Å². The van der Waals surface area contributed by atoms with Gasteiger partial charge in [-0.05, 0) is 56.7 Å². The molecule has 0 aliphatic carbocycles. The zero-order chi connectivity index (χ0) is 24.9. The third kappa shape index (κ3) is 5.46. The molecule has 0 unspecified atom stereocenters. The van der Waals surface area contributed by atoms with Crippen LogP contribution in [0.1, 0.15) is 42.8 Å². The molecular formula is C26H28Cl2N4O3. The van der Waals surface area contributed by atoms with Crippen LogP contribution >= 0.6 is 23.2 Å². The number of rotatable bonds is 9. The standard InChI is InChI=1S/C26H28Cl2N4O3/c1-3-31(4-2)18-12-10-17(11-13-18)29-26(34)24-21(14-16-32-15-6-9-22(32)33)35-30-25(24)23-19(27)7-5-8-20(23)28/h5,7-8,10-13H,3-4,6,9,14-16H2,1-2H3,(H,29,34). The maximum atomic E-state index is 13.5. The highest BCUT2D eigenvalue weighted by Gasteiger charge is 2.28. The molecule has 1 N–H and O–H groups in total. The van der Waals surface area contributed by atoms with Crippen molar-refractivity contribution in [3.05, 3.63) is 63.8 Å². The summed E-state index contributed by atoms with van der Waals surface area (Å²) in [5.41, 5.74) is 2.70. The molecule has 3 aromatic rings. The monoisotopic (exact) mass is 514 g/mol. The first kappa shape index (κ1) is 25.1. The second-order valence-corrected chi connectivity index (χ2v) is 9.15. The number of likely N-dealkylation sites (tertiary alicyclic amines) is 1. The lowest BCUT2D eigenvalue weighted by atomic mass is 10.0. The number of nitrogens with zero attached hydrogens (tertiary/aromatic N) is 3. The van der Waals surface area contributed by atoms with Crippen molar-refractivity contribution in [3.8, 4) is 11.3 Å². The van der Waals surface area contributed by atoms with Crippen LogP contribution in [0.15, 0.2) is 47.0 Å². The van der Waals surface area contributed by atoms with Crippen LogP contribution in [0.25, 0.3) is 11.3 Å². The molecule has 7 nitrogen and oxygen atoms in total. The Kier molecular flexibility index (Phi) is 7.98. The maximum Gasteiger partial charge on any atom is 0.261 e. The molecule has 4 rings (SSSR count). The first-order chi connectivity index (χ1) is 16.9. The predicted octanol–water partition coefficient (Wildman–Crippen LogP) is 5.91. The van der Waals surface area contributed by atoms with E-state index in [4.69, 9.17) is 27.7 Å². The molecule has 0 spiro atoms. The van der Waals surface area contributed by atoms with Gasteiger partial charge in [0.25, 0.3) is 5.91 Å². The summed E-state index contributed by atoms with van der Waals surface area (Å²) in [6.45, 7) is 7.15. The van der Waals surface area contributed by atoms with Crippen molar-refractivity contribution in [2.24, 2.45) is 0 Å². The number of carbonyl (C=O) groups excluding carboxylic acids is 2. The van der Waals surface area contributed by atoms with Gasteiger partial charge in [0.1, 0.15) is 11.3 Å². The quantitative estimate of drug-likeness (QED) is 0.383. The van der Waals surface area contributed by atoms with E-state index in [1.807, 2.05) is 24.3 Å². The Morgan fingerprint density at radius 1 is 1.11 bits per heavy atom. The molecule has 2 aromatic carbocycles. The summed E-state index contributed by atoms with van der Waals surface area (Å²) in [6, 6.07) is 12.8. The molecule has 2 amide bonds. The maximum absolute atomic E-state index is 13.5. The lowest BCUT2D eigenvalue weighted by Gasteiger charge is -2.21. The molecule has 0 radical (unpaired) electrons. The van der Waals surface area contributed by atoms with Crippen molar-refractivity contribution in [1.29, 1.82) is 0 Å². The van der Waals surface area contributed by atoms with Gasteiger partial charge >= 0.3 is 0 Å². The molecule has 0 atom stereocenters. The number of nitrogens with one attached hydrogen (secondary N) is 1. The molecule has 1 aliphatic heterocycles. The van der Waals surface area contributed by atoms with Crippen LogP contribution in [-0.4, -0.2) is 48.0 Å².